The molecule has 7 nitrogen and oxygen atoms in total. The molecule has 2 aromatic heterocycles. The van der Waals surface area contributed by atoms with Gasteiger partial charge in [-0.25, -0.2) is 4.98 Å². The number of aromatic nitrogens is 4. The zero-order valence-electron chi connectivity index (χ0n) is 15.5. The molecule has 0 saturated carbocycles. The van der Waals surface area contributed by atoms with Crippen molar-refractivity contribution in [1.82, 2.24) is 20.2 Å². The molecule has 7 heteroatoms. The molecule has 1 aliphatic rings. The van der Waals surface area contributed by atoms with Crippen molar-refractivity contribution >= 4 is 5.69 Å². The third kappa shape index (κ3) is 3.65. The Balaban J connectivity index is 1.99. The van der Waals surface area contributed by atoms with Gasteiger partial charge in [-0.1, -0.05) is 13.8 Å². The van der Waals surface area contributed by atoms with E-state index in [9.17, 15) is 0 Å². The second-order valence-corrected chi connectivity index (χ2v) is 6.83. The molecule has 0 spiro atoms. The van der Waals surface area contributed by atoms with Gasteiger partial charge in [0.25, 0.3) is 0 Å². The summed E-state index contributed by atoms with van der Waals surface area (Å²) < 4.78 is 10.4. The normalized spacial score (nSPS) is 20.4. The first-order valence-electron chi connectivity index (χ1n) is 8.56. The Bertz CT molecular complexity index is 742. The summed E-state index contributed by atoms with van der Waals surface area (Å²) in [7, 11) is 3.10. The zero-order valence-corrected chi connectivity index (χ0v) is 15.5. The van der Waals surface area contributed by atoms with E-state index in [0.717, 1.165) is 24.5 Å². The van der Waals surface area contributed by atoms with Crippen LogP contribution in [-0.2, 0) is 0 Å². The van der Waals surface area contributed by atoms with Gasteiger partial charge in [-0.3, -0.25) is 0 Å². The summed E-state index contributed by atoms with van der Waals surface area (Å²) in [6.07, 6.45) is 2.93. The number of ether oxygens (including phenoxy) is 2. The Morgan fingerprint density at radius 3 is 2.44 bits per heavy atom. The molecule has 0 N–H and O–H groups in total. The topological polar surface area (TPSA) is 73.3 Å². The van der Waals surface area contributed by atoms with Gasteiger partial charge in [0.05, 0.1) is 31.2 Å². The predicted molar refractivity (Wildman–Crippen MR) is 96.1 cm³/mol. The van der Waals surface area contributed by atoms with Crippen LogP contribution in [0.15, 0.2) is 12.3 Å². The number of rotatable bonds is 4. The van der Waals surface area contributed by atoms with Crippen molar-refractivity contribution in [3.05, 3.63) is 18.0 Å². The third-order valence-corrected chi connectivity index (χ3v) is 4.54. The van der Waals surface area contributed by atoms with Crippen molar-refractivity contribution < 1.29 is 9.47 Å². The van der Waals surface area contributed by atoms with Crippen molar-refractivity contribution in [2.24, 2.45) is 11.8 Å². The van der Waals surface area contributed by atoms with E-state index in [1.807, 2.05) is 6.92 Å². The molecule has 25 heavy (non-hydrogen) atoms. The molecule has 2 unspecified atom stereocenters. The van der Waals surface area contributed by atoms with Gasteiger partial charge >= 0.3 is 6.01 Å². The average molecular weight is 343 g/mol. The van der Waals surface area contributed by atoms with Crippen LogP contribution in [0.5, 0.6) is 11.9 Å². The van der Waals surface area contributed by atoms with E-state index in [2.05, 4.69) is 45.0 Å². The number of piperidine rings is 1. The minimum atomic E-state index is 0.263. The highest BCUT2D eigenvalue weighted by molar-refractivity contribution is 5.68. The van der Waals surface area contributed by atoms with Crippen LogP contribution in [-0.4, -0.2) is 47.5 Å². The Hall–Kier alpha value is -2.44. The summed E-state index contributed by atoms with van der Waals surface area (Å²) in [6.45, 7) is 8.67. The van der Waals surface area contributed by atoms with E-state index in [0.29, 0.717) is 29.0 Å². The number of aryl methyl sites for hydroxylation is 1. The van der Waals surface area contributed by atoms with E-state index in [-0.39, 0.29) is 6.01 Å². The molecule has 134 valence electrons. The maximum Gasteiger partial charge on any atom is 0.319 e. The Kier molecular flexibility index (Phi) is 5.01. The first kappa shape index (κ1) is 17.4. The number of hydrogen-bond donors (Lipinski definition) is 0. The average Bonchev–Trinajstić information content (AvgIpc) is 2.60. The van der Waals surface area contributed by atoms with Crippen molar-refractivity contribution in [3.63, 3.8) is 0 Å². The lowest BCUT2D eigenvalue weighted by molar-refractivity contribution is 0.353. The van der Waals surface area contributed by atoms with Gasteiger partial charge in [-0.05, 0) is 31.2 Å². The largest absolute Gasteiger partial charge is 0.480 e. The number of anilines is 1. The minimum Gasteiger partial charge on any atom is -0.480 e. The van der Waals surface area contributed by atoms with Crippen LogP contribution >= 0.6 is 0 Å². The molecule has 2 aromatic rings. The Morgan fingerprint density at radius 2 is 1.80 bits per heavy atom. The predicted octanol–water partition coefficient (Wildman–Crippen LogP) is 2.74. The molecule has 0 aromatic carbocycles. The molecule has 1 saturated heterocycles. The number of nitrogens with zero attached hydrogens (tertiary/aromatic N) is 5. The van der Waals surface area contributed by atoms with Gasteiger partial charge in [-0.2, -0.15) is 10.1 Å². The van der Waals surface area contributed by atoms with Gasteiger partial charge in [0.2, 0.25) is 5.88 Å². The summed E-state index contributed by atoms with van der Waals surface area (Å²) in [5, 5.41) is 8.69. The van der Waals surface area contributed by atoms with Crippen molar-refractivity contribution in [2.45, 2.75) is 27.2 Å². The van der Waals surface area contributed by atoms with Crippen LogP contribution in [0.1, 0.15) is 26.0 Å². The molecule has 1 fully saturated rings. The minimum absolute atomic E-state index is 0.263. The van der Waals surface area contributed by atoms with Gasteiger partial charge in [0, 0.05) is 19.3 Å². The molecular weight excluding hydrogens is 318 g/mol. The lowest BCUT2D eigenvalue weighted by Crippen LogP contribution is -2.39. The van der Waals surface area contributed by atoms with E-state index in [4.69, 9.17) is 9.47 Å². The van der Waals surface area contributed by atoms with E-state index < -0.39 is 0 Å². The highest BCUT2D eigenvalue weighted by Crippen LogP contribution is 2.32. The van der Waals surface area contributed by atoms with Crippen LogP contribution in [0.4, 0.5) is 5.69 Å². The summed E-state index contributed by atoms with van der Waals surface area (Å²) in [5.41, 5.74) is 3.45. The van der Waals surface area contributed by atoms with Crippen LogP contribution < -0.4 is 14.4 Å². The summed E-state index contributed by atoms with van der Waals surface area (Å²) in [5.74, 6) is 1.76. The van der Waals surface area contributed by atoms with E-state index in [1.54, 1.807) is 13.3 Å². The van der Waals surface area contributed by atoms with Crippen molar-refractivity contribution in [1.29, 1.82) is 0 Å². The quantitative estimate of drug-likeness (QED) is 0.845. The smallest absolute Gasteiger partial charge is 0.319 e. The van der Waals surface area contributed by atoms with Crippen LogP contribution in [0, 0.1) is 18.8 Å². The van der Waals surface area contributed by atoms with E-state index in [1.165, 1.54) is 13.5 Å². The van der Waals surface area contributed by atoms with Crippen LogP contribution in [0.2, 0.25) is 0 Å². The number of methoxy groups -OCH3 is 2. The fraction of sp³-hybridized carbons (Fsp3) is 0.556. The highest BCUT2D eigenvalue weighted by Gasteiger charge is 2.24. The fourth-order valence-corrected chi connectivity index (χ4v) is 3.53. The SMILES string of the molecule is COc1ncc(-c2cc(N3CC(C)CC(C)C3)c(C)nn2)c(OC)n1. The fourth-order valence-electron chi connectivity index (χ4n) is 3.53. The van der Waals surface area contributed by atoms with Crippen LogP contribution in [0.3, 0.4) is 0 Å². The first-order valence-corrected chi connectivity index (χ1v) is 8.56. The molecule has 2 atom stereocenters. The summed E-state index contributed by atoms with van der Waals surface area (Å²) in [4.78, 5) is 10.8. The highest BCUT2D eigenvalue weighted by atomic mass is 16.5. The summed E-state index contributed by atoms with van der Waals surface area (Å²) >= 11 is 0. The molecule has 0 bridgehead atoms. The maximum atomic E-state index is 5.38. The second kappa shape index (κ2) is 7.21. The maximum absolute atomic E-state index is 5.38. The second-order valence-electron chi connectivity index (χ2n) is 6.83. The molecule has 0 amide bonds. The van der Waals surface area contributed by atoms with Gasteiger partial charge < -0.3 is 14.4 Å². The molecule has 1 aliphatic heterocycles. The Labute approximate surface area is 148 Å². The van der Waals surface area contributed by atoms with E-state index >= 15 is 0 Å². The lowest BCUT2D eigenvalue weighted by atomic mass is 9.91. The van der Waals surface area contributed by atoms with Gasteiger partial charge in [-0.15, -0.1) is 5.10 Å². The molecule has 0 radical (unpaired) electrons. The van der Waals surface area contributed by atoms with Crippen LogP contribution in [0.25, 0.3) is 11.3 Å². The molecule has 3 rings (SSSR count). The number of hydrogen-bond acceptors (Lipinski definition) is 7. The lowest BCUT2D eigenvalue weighted by Gasteiger charge is -2.37. The monoisotopic (exact) mass is 343 g/mol. The standard InChI is InChI=1S/C18H25N5O2/c1-11-6-12(2)10-23(9-11)16-7-15(22-21-13(16)3)14-8-19-18(25-5)20-17(14)24-4/h7-8,11-12H,6,9-10H2,1-5H3. The Morgan fingerprint density at radius 1 is 1.08 bits per heavy atom. The van der Waals surface area contributed by atoms with Gasteiger partial charge in [0.1, 0.15) is 5.69 Å². The summed E-state index contributed by atoms with van der Waals surface area (Å²) in [6, 6.07) is 2.32. The third-order valence-electron chi connectivity index (χ3n) is 4.54. The molecule has 3 heterocycles. The van der Waals surface area contributed by atoms with Crippen molar-refractivity contribution in [3.8, 4) is 23.1 Å². The van der Waals surface area contributed by atoms with Crippen molar-refractivity contribution in [2.75, 3.05) is 32.2 Å². The molecular formula is C18H25N5O2. The van der Waals surface area contributed by atoms with Gasteiger partial charge in [0.15, 0.2) is 0 Å². The first-order chi connectivity index (χ1) is 12.0. The zero-order chi connectivity index (χ0) is 18.0. The molecule has 0 aliphatic carbocycles.